The van der Waals surface area contributed by atoms with Crippen molar-refractivity contribution in [3.8, 4) is 11.4 Å². The maximum Gasteiger partial charge on any atom is 0.471 e. The first kappa shape index (κ1) is 17.6. The molecule has 5 rings (SSSR count). The molecular weight excluding hydrogens is 365 g/mol. The molecule has 144 valence electrons. The summed E-state index contributed by atoms with van der Waals surface area (Å²) in [6, 6.07) is 3.62. The number of urea groups is 1. The number of amides is 2. The molecule has 11 heteroatoms. The second-order valence-corrected chi connectivity index (χ2v) is 6.86. The Kier molecular flexibility index (Phi) is 3.97. The highest BCUT2D eigenvalue weighted by Crippen LogP contribution is 2.35. The lowest BCUT2D eigenvalue weighted by atomic mass is 9.88. The van der Waals surface area contributed by atoms with Crippen LogP contribution in [-0.2, 0) is 6.18 Å². The number of halogens is 3. The van der Waals surface area contributed by atoms with Crippen LogP contribution in [-0.4, -0.2) is 70.2 Å². The van der Waals surface area contributed by atoms with Crippen LogP contribution < -0.4 is 4.90 Å². The first-order valence-corrected chi connectivity index (χ1v) is 8.36. The van der Waals surface area contributed by atoms with Gasteiger partial charge in [-0.05, 0) is 18.6 Å². The molecular formula is C16H17F3N6O2. The number of pyridine rings is 1. The van der Waals surface area contributed by atoms with E-state index < -0.39 is 12.1 Å². The van der Waals surface area contributed by atoms with E-state index in [0.717, 1.165) is 6.42 Å². The summed E-state index contributed by atoms with van der Waals surface area (Å²) < 4.78 is 41.9. The molecule has 3 aliphatic heterocycles. The van der Waals surface area contributed by atoms with E-state index in [1.165, 1.54) is 6.20 Å². The van der Waals surface area contributed by atoms with Gasteiger partial charge < -0.3 is 19.2 Å². The summed E-state index contributed by atoms with van der Waals surface area (Å²) in [6.45, 7) is 1.34. The Bertz CT molecular complexity index is 839. The number of hydrogen-bond acceptors (Lipinski definition) is 6. The van der Waals surface area contributed by atoms with Crippen LogP contribution in [0, 0.1) is 0 Å². The highest BCUT2D eigenvalue weighted by Gasteiger charge is 2.48. The molecule has 2 unspecified atom stereocenters. The Balaban J connectivity index is 1.45. The van der Waals surface area contributed by atoms with Gasteiger partial charge in [-0.1, -0.05) is 5.16 Å². The summed E-state index contributed by atoms with van der Waals surface area (Å²) in [5, 5.41) is 3.35. The lowest BCUT2D eigenvalue weighted by Gasteiger charge is -2.56. The number of hydrogen-bond donors (Lipinski definition) is 0. The van der Waals surface area contributed by atoms with Crippen LogP contribution in [0.2, 0.25) is 0 Å². The third-order valence-corrected chi connectivity index (χ3v) is 4.80. The summed E-state index contributed by atoms with van der Waals surface area (Å²) in [6.07, 6.45) is -2.29. The highest BCUT2D eigenvalue weighted by molar-refractivity contribution is 5.76. The number of nitrogens with zero attached hydrogens (tertiary/aromatic N) is 6. The van der Waals surface area contributed by atoms with E-state index in [1.807, 2.05) is 4.90 Å². The molecule has 2 atom stereocenters. The number of fused-ring (bicyclic) bond motifs is 2. The third kappa shape index (κ3) is 3.06. The minimum Gasteiger partial charge on any atom is -0.352 e. The van der Waals surface area contributed by atoms with Gasteiger partial charge >= 0.3 is 18.1 Å². The Morgan fingerprint density at radius 1 is 1.26 bits per heavy atom. The number of carbonyl (C=O) groups excluding carboxylic acids is 1. The average Bonchev–Trinajstić information content (AvgIpc) is 3.12. The number of piperazine rings is 1. The molecule has 5 heterocycles. The van der Waals surface area contributed by atoms with Crippen LogP contribution in [0.15, 0.2) is 22.9 Å². The first-order valence-electron chi connectivity index (χ1n) is 8.36. The summed E-state index contributed by atoms with van der Waals surface area (Å²) >= 11 is 0. The van der Waals surface area contributed by atoms with Crippen LogP contribution in [0.1, 0.15) is 12.3 Å². The highest BCUT2D eigenvalue weighted by atomic mass is 19.4. The molecule has 2 bridgehead atoms. The predicted molar refractivity (Wildman–Crippen MR) is 87.9 cm³/mol. The topological polar surface area (TPSA) is 78.6 Å². The van der Waals surface area contributed by atoms with E-state index in [1.54, 1.807) is 31.1 Å². The van der Waals surface area contributed by atoms with Crippen molar-refractivity contribution in [3.05, 3.63) is 24.2 Å². The van der Waals surface area contributed by atoms with Gasteiger partial charge in [-0.2, -0.15) is 18.2 Å². The number of aromatic nitrogens is 3. The molecule has 27 heavy (non-hydrogen) atoms. The lowest BCUT2D eigenvalue weighted by Crippen LogP contribution is -2.71. The van der Waals surface area contributed by atoms with E-state index in [9.17, 15) is 18.0 Å². The SMILES string of the molecule is CN(C)C(=O)N1C2CC1CN(c1ccc(-c3noc(C(F)(F)F)n3)cn1)C2. The summed E-state index contributed by atoms with van der Waals surface area (Å²) in [4.78, 5) is 25.4. The van der Waals surface area contributed by atoms with Crippen LogP contribution in [0.3, 0.4) is 0 Å². The average molecular weight is 382 g/mol. The zero-order chi connectivity index (χ0) is 19.3. The number of anilines is 1. The van der Waals surface area contributed by atoms with Gasteiger partial charge in [0, 0.05) is 38.9 Å². The van der Waals surface area contributed by atoms with Crippen molar-refractivity contribution in [1.82, 2.24) is 24.9 Å². The first-order chi connectivity index (χ1) is 12.7. The molecule has 2 aromatic rings. The minimum atomic E-state index is -4.68. The van der Waals surface area contributed by atoms with Crippen molar-refractivity contribution in [3.63, 3.8) is 0 Å². The molecule has 3 fully saturated rings. The van der Waals surface area contributed by atoms with Gasteiger partial charge in [-0.25, -0.2) is 9.78 Å². The quantitative estimate of drug-likeness (QED) is 0.792. The van der Waals surface area contributed by atoms with Crippen LogP contribution in [0.5, 0.6) is 0 Å². The van der Waals surface area contributed by atoms with E-state index in [-0.39, 0.29) is 23.9 Å². The molecule has 0 saturated carbocycles. The molecule has 2 aromatic heterocycles. The molecule has 0 aromatic carbocycles. The van der Waals surface area contributed by atoms with Crippen molar-refractivity contribution in [1.29, 1.82) is 0 Å². The Morgan fingerprint density at radius 3 is 2.48 bits per heavy atom. The lowest BCUT2D eigenvalue weighted by molar-refractivity contribution is -0.159. The second kappa shape index (κ2) is 6.10. The predicted octanol–water partition coefficient (Wildman–Crippen LogP) is 2.09. The largest absolute Gasteiger partial charge is 0.471 e. The molecule has 2 amide bonds. The molecule has 3 saturated heterocycles. The van der Waals surface area contributed by atoms with Crippen LogP contribution in [0.4, 0.5) is 23.8 Å². The van der Waals surface area contributed by atoms with E-state index in [0.29, 0.717) is 24.5 Å². The maximum atomic E-state index is 12.6. The number of rotatable bonds is 2. The van der Waals surface area contributed by atoms with Crippen molar-refractivity contribution in [2.75, 3.05) is 32.1 Å². The summed E-state index contributed by atoms with van der Waals surface area (Å²) in [7, 11) is 3.47. The molecule has 0 aliphatic carbocycles. The second-order valence-electron chi connectivity index (χ2n) is 6.86. The number of piperidine rings is 1. The molecule has 8 nitrogen and oxygen atoms in total. The summed E-state index contributed by atoms with van der Waals surface area (Å²) in [5.74, 6) is -0.848. The van der Waals surface area contributed by atoms with Crippen molar-refractivity contribution in [2.24, 2.45) is 0 Å². The van der Waals surface area contributed by atoms with Crippen LogP contribution in [0.25, 0.3) is 11.4 Å². The van der Waals surface area contributed by atoms with Gasteiger partial charge in [-0.15, -0.1) is 0 Å². The Hall–Kier alpha value is -2.85. The fourth-order valence-electron chi connectivity index (χ4n) is 3.50. The van der Waals surface area contributed by atoms with Gasteiger partial charge in [0.2, 0.25) is 5.82 Å². The van der Waals surface area contributed by atoms with Gasteiger partial charge in [0.05, 0.1) is 12.1 Å². The zero-order valence-electron chi connectivity index (χ0n) is 14.6. The standard InChI is InChI=1S/C16H17F3N6O2/c1-23(2)15(26)25-10-5-11(25)8-24(7-10)12-4-3-9(6-20-12)13-21-14(27-22-13)16(17,18)19/h3-4,6,10-11H,5,7-8H2,1-2H3. The van der Waals surface area contributed by atoms with E-state index >= 15 is 0 Å². The minimum absolute atomic E-state index is 0.0109. The fraction of sp³-hybridized carbons (Fsp3) is 0.500. The molecule has 0 N–H and O–H groups in total. The number of alkyl halides is 3. The Labute approximate surface area is 152 Å². The van der Waals surface area contributed by atoms with Gasteiger partial charge in [0.1, 0.15) is 5.82 Å². The summed E-state index contributed by atoms with van der Waals surface area (Å²) in [5.41, 5.74) is 0.338. The van der Waals surface area contributed by atoms with Gasteiger partial charge in [0.25, 0.3) is 0 Å². The van der Waals surface area contributed by atoms with E-state index in [4.69, 9.17) is 0 Å². The Morgan fingerprint density at radius 2 is 1.96 bits per heavy atom. The normalized spacial score (nSPS) is 21.8. The monoisotopic (exact) mass is 382 g/mol. The van der Waals surface area contributed by atoms with Crippen molar-refractivity contribution >= 4 is 11.8 Å². The molecule has 3 aliphatic rings. The maximum absolute atomic E-state index is 12.6. The van der Waals surface area contributed by atoms with Crippen molar-refractivity contribution < 1.29 is 22.5 Å². The molecule has 0 radical (unpaired) electrons. The fourth-order valence-corrected chi connectivity index (χ4v) is 3.50. The van der Waals surface area contributed by atoms with Gasteiger partial charge in [0.15, 0.2) is 0 Å². The van der Waals surface area contributed by atoms with E-state index in [2.05, 4.69) is 24.5 Å². The third-order valence-electron chi connectivity index (χ3n) is 4.80. The smallest absolute Gasteiger partial charge is 0.352 e. The van der Waals surface area contributed by atoms with Crippen LogP contribution >= 0.6 is 0 Å². The van der Waals surface area contributed by atoms with Gasteiger partial charge in [-0.3, -0.25) is 0 Å². The zero-order valence-corrected chi connectivity index (χ0v) is 14.6. The van der Waals surface area contributed by atoms with Crippen molar-refractivity contribution in [2.45, 2.75) is 24.7 Å². The molecule has 0 spiro atoms. The number of carbonyl (C=O) groups is 1.